The first-order chi connectivity index (χ1) is 13.5. The fourth-order valence-corrected chi connectivity index (χ4v) is 3.83. The van der Waals surface area contributed by atoms with Crippen molar-refractivity contribution in [3.63, 3.8) is 0 Å². The van der Waals surface area contributed by atoms with Crippen molar-refractivity contribution in [1.82, 2.24) is 20.8 Å². The third kappa shape index (κ3) is 5.72. The molecule has 0 bridgehead atoms. The highest BCUT2D eigenvalue weighted by molar-refractivity contribution is 8.01. The number of imide groups is 1. The maximum atomic E-state index is 11.9. The summed E-state index contributed by atoms with van der Waals surface area (Å²) >= 11 is 8.60. The number of nitrogens with zero attached hydrogens (tertiary/aromatic N) is 2. The monoisotopic (exact) mass is 437 g/mol. The predicted octanol–water partition coefficient (Wildman–Crippen LogP) is 3.95. The minimum atomic E-state index is -0.585. The number of urea groups is 1. The third-order valence-corrected chi connectivity index (χ3v) is 5.88. The number of carbonyl (C=O) groups excluding carboxylic acids is 2. The van der Waals surface area contributed by atoms with E-state index in [4.69, 9.17) is 16.0 Å². The first kappa shape index (κ1) is 20.2. The molecule has 0 fully saturated rings. The van der Waals surface area contributed by atoms with Crippen LogP contribution in [0, 0.1) is 6.92 Å². The van der Waals surface area contributed by atoms with Crippen molar-refractivity contribution in [3.05, 3.63) is 52.9 Å². The molecule has 0 radical (unpaired) electrons. The molecule has 2 heterocycles. The number of hydrogen-bond donors (Lipinski definition) is 3. The normalized spacial score (nSPS) is 10.5. The third-order valence-electron chi connectivity index (χ3n) is 3.50. The molecule has 8 nitrogen and oxygen atoms in total. The summed E-state index contributed by atoms with van der Waals surface area (Å²) in [6.07, 6.45) is 1.51. The number of rotatable bonds is 7. The fourth-order valence-electron chi connectivity index (χ4n) is 2.09. The highest BCUT2D eigenvalue weighted by atomic mass is 35.5. The van der Waals surface area contributed by atoms with Gasteiger partial charge in [-0.05, 0) is 36.8 Å². The van der Waals surface area contributed by atoms with Crippen molar-refractivity contribution in [2.24, 2.45) is 0 Å². The Morgan fingerprint density at radius 1 is 1.25 bits per heavy atom. The summed E-state index contributed by atoms with van der Waals surface area (Å²) < 4.78 is 5.70. The van der Waals surface area contributed by atoms with Crippen LogP contribution in [0.3, 0.4) is 0 Å². The number of thioether (sulfide) groups is 1. The number of anilines is 2. The van der Waals surface area contributed by atoms with Gasteiger partial charge >= 0.3 is 6.03 Å². The van der Waals surface area contributed by atoms with Gasteiger partial charge in [0.25, 0.3) is 0 Å². The summed E-state index contributed by atoms with van der Waals surface area (Å²) in [5.41, 5.74) is 1.75. The molecule has 0 aliphatic heterocycles. The Kier molecular flexibility index (Phi) is 6.90. The van der Waals surface area contributed by atoms with Gasteiger partial charge in [-0.2, -0.15) is 0 Å². The van der Waals surface area contributed by atoms with Crippen LogP contribution in [0.5, 0.6) is 0 Å². The quantitative estimate of drug-likeness (QED) is 0.480. The van der Waals surface area contributed by atoms with E-state index in [0.717, 1.165) is 11.3 Å². The van der Waals surface area contributed by atoms with Gasteiger partial charge in [0, 0.05) is 10.7 Å². The lowest BCUT2D eigenvalue weighted by Crippen LogP contribution is -2.39. The lowest BCUT2D eigenvalue weighted by atomic mass is 10.2. The molecular weight excluding hydrogens is 422 g/mol. The Bertz CT molecular complexity index is 962. The number of aromatic nitrogens is 2. The van der Waals surface area contributed by atoms with E-state index in [9.17, 15) is 9.59 Å². The number of furan rings is 1. The van der Waals surface area contributed by atoms with E-state index in [1.54, 1.807) is 12.1 Å². The molecule has 0 unspecified atom stereocenters. The van der Waals surface area contributed by atoms with Crippen LogP contribution in [0.2, 0.25) is 5.02 Å². The summed E-state index contributed by atoms with van der Waals surface area (Å²) in [5.74, 6) is 0.206. The minimum absolute atomic E-state index is 0.0407. The zero-order valence-electron chi connectivity index (χ0n) is 14.7. The second kappa shape index (κ2) is 9.58. The molecule has 3 aromatic rings. The number of carbonyl (C=O) groups is 2. The van der Waals surface area contributed by atoms with Crippen LogP contribution in [0.25, 0.3) is 0 Å². The SMILES string of the molecule is Cc1c(Cl)cccc1Nc1nnc(SCC(=O)NC(=O)NCc2ccco2)s1. The van der Waals surface area contributed by atoms with Crippen LogP contribution in [-0.4, -0.2) is 27.9 Å². The summed E-state index contributed by atoms with van der Waals surface area (Å²) in [5, 5.41) is 17.3. The van der Waals surface area contributed by atoms with Gasteiger partial charge in [0.15, 0.2) is 4.34 Å². The van der Waals surface area contributed by atoms with Gasteiger partial charge in [-0.3, -0.25) is 10.1 Å². The molecule has 0 aliphatic carbocycles. The Labute approximate surface area is 174 Å². The molecule has 11 heteroatoms. The van der Waals surface area contributed by atoms with Gasteiger partial charge in [-0.1, -0.05) is 40.8 Å². The standard InChI is InChI=1S/C17H16ClN5O3S2/c1-10-12(18)5-2-6-13(10)20-16-22-23-17(28-16)27-9-14(24)21-15(25)19-8-11-4-3-7-26-11/h2-7H,8-9H2,1H3,(H,20,22)(H2,19,21,24,25). The zero-order valence-corrected chi connectivity index (χ0v) is 17.1. The maximum absolute atomic E-state index is 11.9. The molecule has 0 saturated heterocycles. The van der Waals surface area contributed by atoms with E-state index in [1.807, 2.05) is 25.1 Å². The number of halogens is 1. The zero-order chi connectivity index (χ0) is 19.9. The van der Waals surface area contributed by atoms with E-state index < -0.39 is 11.9 Å². The molecule has 146 valence electrons. The average molecular weight is 438 g/mol. The van der Waals surface area contributed by atoms with Crippen LogP contribution in [0.1, 0.15) is 11.3 Å². The Hall–Kier alpha value is -2.56. The minimum Gasteiger partial charge on any atom is -0.467 e. The highest BCUT2D eigenvalue weighted by Crippen LogP contribution is 2.30. The molecule has 28 heavy (non-hydrogen) atoms. The average Bonchev–Trinajstić information content (AvgIpc) is 3.34. The van der Waals surface area contributed by atoms with E-state index >= 15 is 0 Å². The van der Waals surface area contributed by atoms with Crippen LogP contribution < -0.4 is 16.0 Å². The van der Waals surface area contributed by atoms with Gasteiger partial charge in [-0.25, -0.2) is 4.79 Å². The molecule has 1 aromatic carbocycles. The number of hydrogen-bond acceptors (Lipinski definition) is 8. The second-order valence-corrected chi connectivity index (χ2v) is 8.12. The largest absolute Gasteiger partial charge is 0.467 e. The van der Waals surface area contributed by atoms with Gasteiger partial charge in [0.2, 0.25) is 11.0 Å². The van der Waals surface area contributed by atoms with E-state index in [-0.39, 0.29) is 12.3 Å². The lowest BCUT2D eigenvalue weighted by molar-refractivity contribution is -0.117. The van der Waals surface area contributed by atoms with Crippen molar-refractivity contribution in [1.29, 1.82) is 0 Å². The molecule has 0 aliphatic rings. The van der Waals surface area contributed by atoms with Crippen LogP contribution >= 0.6 is 34.7 Å². The van der Waals surface area contributed by atoms with Crippen LogP contribution in [0.15, 0.2) is 45.4 Å². The van der Waals surface area contributed by atoms with Crippen molar-refractivity contribution < 1.29 is 14.0 Å². The highest BCUT2D eigenvalue weighted by Gasteiger charge is 2.12. The van der Waals surface area contributed by atoms with Gasteiger partial charge in [0.05, 0.1) is 18.6 Å². The fraction of sp³-hybridized carbons (Fsp3) is 0.176. The number of amides is 3. The molecule has 3 N–H and O–H groups in total. The first-order valence-corrected chi connectivity index (χ1v) is 10.3. The summed E-state index contributed by atoms with van der Waals surface area (Å²) in [6, 6.07) is 8.41. The molecule has 0 saturated carbocycles. The molecule has 2 aromatic heterocycles. The summed E-state index contributed by atoms with van der Waals surface area (Å²) in [6.45, 7) is 2.11. The Balaban J connectivity index is 1.44. The van der Waals surface area contributed by atoms with Crippen LogP contribution in [0.4, 0.5) is 15.6 Å². The topological polar surface area (TPSA) is 109 Å². The number of benzene rings is 1. The van der Waals surface area contributed by atoms with Crippen molar-refractivity contribution >= 4 is 57.5 Å². The van der Waals surface area contributed by atoms with Crippen molar-refractivity contribution in [2.45, 2.75) is 17.8 Å². The smallest absolute Gasteiger partial charge is 0.321 e. The summed E-state index contributed by atoms with van der Waals surface area (Å²) in [4.78, 5) is 23.6. The molecule has 3 amide bonds. The second-order valence-electron chi connectivity index (χ2n) is 5.51. The van der Waals surface area contributed by atoms with E-state index in [2.05, 4.69) is 26.1 Å². The number of nitrogens with one attached hydrogen (secondary N) is 3. The summed E-state index contributed by atoms with van der Waals surface area (Å²) in [7, 11) is 0. The Morgan fingerprint density at radius 2 is 2.11 bits per heavy atom. The van der Waals surface area contributed by atoms with Crippen molar-refractivity contribution in [2.75, 3.05) is 11.1 Å². The first-order valence-electron chi connectivity index (χ1n) is 8.10. The van der Waals surface area contributed by atoms with Crippen LogP contribution in [-0.2, 0) is 11.3 Å². The molecular formula is C17H16ClN5O3S2. The van der Waals surface area contributed by atoms with E-state index in [0.29, 0.717) is 20.3 Å². The van der Waals surface area contributed by atoms with Gasteiger partial charge in [-0.15, -0.1) is 10.2 Å². The predicted molar refractivity (Wildman–Crippen MR) is 109 cm³/mol. The van der Waals surface area contributed by atoms with Crippen molar-refractivity contribution in [3.8, 4) is 0 Å². The lowest BCUT2D eigenvalue weighted by Gasteiger charge is -2.06. The van der Waals surface area contributed by atoms with Gasteiger partial charge < -0.3 is 15.1 Å². The molecule has 3 rings (SSSR count). The maximum Gasteiger partial charge on any atom is 0.321 e. The Morgan fingerprint density at radius 3 is 2.89 bits per heavy atom. The van der Waals surface area contributed by atoms with E-state index in [1.165, 1.54) is 29.4 Å². The molecule has 0 spiro atoms. The molecule has 0 atom stereocenters. The van der Waals surface area contributed by atoms with Gasteiger partial charge in [0.1, 0.15) is 5.76 Å².